The van der Waals surface area contributed by atoms with Gasteiger partial charge in [-0.25, -0.2) is 8.42 Å². The van der Waals surface area contributed by atoms with Crippen LogP contribution in [-0.4, -0.2) is 40.3 Å². The molecule has 0 radical (unpaired) electrons. The van der Waals surface area contributed by atoms with E-state index in [0.717, 1.165) is 17.7 Å². The van der Waals surface area contributed by atoms with Gasteiger partial charge in [-0.2, -0.15) is 0 Å². The van der Waals surface area contributed by atoms with Gasteiger partial charge in [0.05, 0.1) is 11.9 Å². The molecule has 1 N–H and O–H groups in total. The number of nitrogens with one attached hydrogen (secondary N) is 1. The minimum Gasteiger partial charge on any atom is -0.486 e. The third-order valence-corrected chi connectivity index (χ3v) is 7.64. The molecular weight excluding hydrogens is 484 g/mol. The second-order valence-electron chi connectivity index (χ2n) is 8.11. The number of rotatable bonds is 10. The molecule has 0 spiro atoms. The molecule has 4 rings (SSSR count). The topological polar surface area (TPSA) is 84.9 Å². The average molecular weight is 513 g/mol. The van der Waals surface area contributed by atoms with Crippen LogP contribution in [0.3, 0.4) is 0 Å². The van der Waals surface area contributed by atoms with E-state index in [2.05, 4.69) is 17.4 Å². The SMILES string of the molecule is CS(=O)(=O)N(CCCC(=O)Nc1ccc(CSc2ccccc2)cc1)c1ccc2c(c1)OCCO2. The smallest absolute Gasteiger partial charge is 0.232 e. The van der Waals surface area contributed by atoms with E-state index >= 15 is 0 Å². The Morgan fingerprint density at radius 1 is 0.971 bits per heavy atom. The quantitative estimate of drug-likeness (QED) is 0.388. The number of benzene rings is 3. The van der Waals surface area contributed by atoms with Crippen LogP contribution in [0.25, 0.3) is 0 Å². The van der Waals surface area contributed by atoms with Gasteiger partial charge >= 0.3 is 0 Å². The zero-order chi connectivity index (χ0) is 24.7. The fraction of sp³-hybridized carbons (Fsp3) is 0.269. The van der Waals surface area contributed by atoms with Crippen LogP contribution >= 0.6 is 11.8 Å². The van der Waals surface area contributed by atoms with Gasteiger partial charge in [0.1, 0.15) is 13.2 Å². The highest BCUT2D eigenvalue weighted by Crippen LogP contribution is 2.34. The van der Waals surface area contributed by atoms with Crippen molar-refractivity contribution in [2.75, 3.05) is 35.6 Å². The number of hydrogen-bond acceptors (Lipinski definition) is 6. The molecule has 0 unspecified atom stereocenters. The molecule has 0 saturated carbocycles. The second kappa shape index (κ2) is 11.5. The van der Waals surface area contributed by atoms with Crippen LogP contribution in [0.2, 0.25) is 0 Å². The van der Waals surface area contributed by atoms with Crippen LogP contribution in [-0.2, 0) is 20.6 Å². The van der Waals surface area contributed by atoms with Crippen molar-refractivity contribution in [1.29, 1.82) is 0 Å². The monoisotopic (exact) mass is 512 g/mol. The average Bonchev–Trinajstić information content (AvgIpc) is 2.86. The van der Waals surface area contributed by atoms with Crippen LogP contribution < -0.4 is 19.1 Å². The summed E-state index contributed by atoms with van der Waals surface area (Å²) in [5.74, 6) is 1.80. The summed E-state index contributed by atoms with van der Waals surface area (Å²) in [5, 5.41) is 2.89. The number of carbonyl (C=O) groups is 1. The van der Waals surface area contributed by atoms with Gasteiger partial charge < -0.3 is 14.8 Å². The zero-order valence-corrected chi connectivity index (χ0v) is 21.1. The van der Waals surface area contributed by atoms with E-state index in [4.69, 9.17) is 9.47 Å². The molecule has 0 aromatic heterocycles. The molecule has 3 aromatic rings. The van der Waals surface area contributed by atoms with Gasteiger partial charge in [-0.3, -0.25) is 9.10 Å². The normalized spacial score (nSPS) is 12.7. The Hall–Kier alpha value is -3.17. The molecule has 0 atom stereocenters. The molecule has 0 bridgehead atoms. The van der Waals surface area contributed by atoms with E-state index in [0.29, 0.717) is 36.8 Å². The number of fused-ring (bicyclic) bond motifs is 1. The number of thioether (sulfide) groups is 1. The Balaban J connectivity index is 1.28. The Bertz CT molecular complexity index is 1250. The zero-order valence-electron chi connectivity index (χ0n) is 19.5. The summed E-state index contributed by atoms with van der Waals surface area (Å²) in [4.78, 5) is 13.7. The van der Waals surface area contributed by atoms with Gasteiger partial charge in [-0.05, 0) is 48.4 Å². The molecular formula is C26H28N2O5S2. The summed E-state index contributed by atoms with van der Waals surface area (Å²) in [6.45, 7) is 1.07. The first-order valence-corrected chi connectivity index (χ1v) is 14.2. The summed E-state index contributed by atoms with van der Waals surface area (Å²) < 4.78 is 37.2. The van der Waals surface area contributed by atoms with E-state index in [1.54, 1.807) is 30.0 Å². The molecule has 0 aliphatic carbocycles. The fourth-order valence-electron chi connectivity index (χ4n) is 3.65. The van der Waals surface area contributed by atoms with Crippen molar-refractivity contribution in [3.05, 3.63) is 78.4 Å². The van der Waals surface area contributed by atoms with Gasteiger partial charge in [-0.1, -0.05) is 30.3 Å². The molecule has 7 nitrogen and oxygen atoms in total. The third-order valence-electron chi connectivity index (χ3n) is 5.37. The number of ether oxygens (including phenoxy) is 2. The lowest BCUT2D eigenvalue weighted by molar-refractivity contribution is -0.116. The number of anilines is 2. The Labute approximate surface area is 210 Å². The van der Waals surface area contributed by atoms with E-state index in [1.807, 2.05) is 42.5 Å². The van der Waals surface area contributed by atoms with Crippen molar-refractivity contribution in [2.24, 2.45) is 0 Å². The molecule has 9 heteroatoms. The Kier molecular flexibility index (Phi) is 8.20. The third kappa shape index (κ3) is 7.16. The molecule has 1 aliphatic heterocycles. The summed E-state index contributed by atoms with van der Waals surface area (Å²) in [6.07, 6.45) is 1.73. The summed E-state index contributed by atoms with van der Waals surface area (Å²) in [5.41, 5.74) is 2.37. The van der Waals surface area contributed by atoms with E-state index in [9.17, 15) is 13.2 Å². The molecule has 184 valence electrons. The van der Waals surface area contributed by atoms with Crippen molar-refractivity contribution in [2.45, 2.75) is 23.5 Å². The number of sulfonamides is 1. The van der Waals surface area contributed by atoms with Crippen molar-refractivity contribution < 1.29 is 22.7 Å². The lowest BCUT2D eigenvalue weighted by Gasteiger charge is -2.25. The van der Waals surface area contributed by atoms with Gasteiger partial charge in [-0.15, -0.1) is 11.8 Å². The highest BCUT2D eigenvalue weighted by Gasteiger charge is 2.21. The molecule has 1 heterocycles. The van der Waals surface area contributed by atoms with Crippen molar-refractivity contribution in [3.8, 4) is 11.5 Å². The van der Waals surface area contributed by atoms with Crippen LogP contribution in [0, 0.1) is 0 Å². The summed E-state index contributed by atoms with van der Waals surface area (Å²) >= 11 is 1.76. The predicted molar refractivity (Wildman–Crippen MR) is 140 cm³/mol. The van der Waals surface area contributed by atoms with Crippen molar-refractivity contribution in [3.63, 3.8) is 0 Å². The highest BCUT2D eigenvalue weighted by molar-refractivity contribution is 7.98. The summed E-state index contributed by atoms with van der Waals surface area (Å²) in [7, 11) is -3.53. The number of nitrogens with zero attached hydrogens (tertiary/aromatic N) is 1. The molecule has 0 fully saturated rings. The van der Waals surface area contributed by atoms with E-state index < -0.39 is 10.0 Å². The predicted octanol–water partition coefficient (Wildman–Crippen LogP) is 4.94. The maximum Gasteiger partial charge on any atom is 0.232 e. The van der Waals surface area contributed by atoms with Crippen LogP contribution in [0.15, 0.2) is 77.7 Å². The maximum absolute atomic E-state index is 12.4. The first kappa shape index (κ1) is 24.9. The molecule has 0 saturated heterocycles. The lowest BCUT2D eigenvalue weighted by atomic mass is 10.2. The van der Waals surface area contributed by atoms with Crippen molar-refractivity contribution in [1.82, 2.24) is 0 Å². The van der Waals surface area contributed by atoms with Gasteiger partial charge in [0.2, 0.25) is 15.9 Å². The molecule has 35 heavy (non-hydrogen) atoms. The molecule has 1 aliphatic rings. The van der Waals surface area contributed by atoms with Crippen LogP contribution in [0.4, 0.5) is 11.4 Å². The van der Waals surface area contributed by atoms with Gasteiger partial charge in [0.15, 0.2) is 11.5 Å². The standard InChI is InChI=1S/C26H28N2O5S2/c1-35(30,31)28(22-13-14-24-25(18-22)33-17-16-32-24)15-5-8-26(29)27-21-11-9-20(10-12-21)19-34-23-6-3-2-4-7-23/h2-4,6-7,9-14,18H,5,8,15-17,19H2,1H3,(H,27,29). The number of hydrogen-bond donors (Lipinski definition) is 1. The lowest BCUT2D eigenvalue weighted by Crippen LogP contribution is -2.31. The minimum atomic E-state index is -3.53. The van der Waals surface area contributed by atoms with E-state index in [1.165, 1.54) is 14.8 Å². The first-order chi connectivity index (χ1) is 16.9. The maximum atomic E-state index is 12.4. The molecule has 1 amide bonds. The number of carbonyl (C=O) groups excluding carboxylic acids is 1. The molecule has 3 aromatic carbocycles. The Morgan fingerprint density at radius 3 is 2.40 bits per heavy atom. The van der Waals surface area contributed by atoms with Crippen LogP contribution in [0.5, 0.6) is 11.5 Å². The fourth-order valence-corrected chi connectivity index (χ4v) is 5.48. The van der Waals surface area contributed by atoms with Crippen LogP contribution in [0.1, 0.15) is 18.4 Å². The first-order valence-electron chi connectivity index (χ1n) is 11.3. The largest absolute Gasteiger partial charge is 0.486 e. The Morgan fingerprint density at radius 2 is 1.69 bits per heavy atom. The minimum absolute atomic E-state index is 0.160. The van der Waals surface area contributed by atoms with Gasteiger partial charge in [0, 0.05) is 35.4 Å². The summed E-state index contributed by atoms with van der Waals surface area (Å²) in [6, 6.07) is 23.0. The van der Waals surface area contributed by atoms with Crippen molar-refractivity contribution >= 4 is 39.1 Å². The van der Waals surface area contributed by atoms with E-state index in [-0.39, 0.29) is 18.9 Å². The highest BCUT2D eigenvalue weighted by atomic mass is 32.2. The van der Waals surface area contributed by atoms with Gasteiger partial charge in [0.25, 0.3) is 0 Å². The second-order valence-corrected chi connectivity index (χ2v) is 11.1. The number of amides is 1.